The van der Waals surface area contributed by atoms with Gasteiger partial charge in [-0.2, -0.15) is 18.3 Å². The summed E-state index contributed by atoms with van der Waals surface area (Å²) in [5.41, 5.74) is -0.780. The first kappa shape index (κ1) is 16.3. The van der Waals surface area contributed by atoms with Crippen molar-refractivity contribution in [3.05, 3.63) is 29.6 Å². The van der Waals surface area contributed by atoms with E-state index >= 15 is 0 Å². The summed E-state index contributed by atoms with van der Waals surface area (Å²) in [4.78, 5) is 15.3. The molecule has 0 unspecified atom stereocenters. The predicted octanol–water partition coefficient (Wildman–Crippen LogP) is 2.94. The monoisotopic (exact) mass is 321 g/mol. The zero-order chi connectivity index (χ0) is 16.5. The number of hydrogen-bond acceptors (Lipinski definition) is 3. The van der Waals surface area contributed by atoms with Gasteiger partial charge in [0.05, 0.1) is 23.4 Å². The Hall–Kier alpha value is -2.06. The Morgan fingerprint density at radius 2 is 2.05 bits per heavy atom. The molecule has 1 aliphatic carbocycles. The number of nitrogens with zero attached hydrogens (tertiary/aromatic N) is 3. The van der Waals surface area contributed by atoms with Crippen LogP contribution in [0.4, 0.5) is 22.0 Å². The number of carbonyl (C=O) groups excluding carboxylic acids is 1. The molecule has 1 saturated carbocycles. The van der Waals surface area contributed by atoms with Gasteiger partial charge in [0.25, 0.3) is 0 Å². The van der Waals surface area contributed by atoms with Crippen LogP contribution in [0.1, 0.15) is 24.1 Å². The molecule has 0 N–H and O–H groups in total. The van der Waals surface area contributed by atoms with E-state index in [0.717, 1.165) is 23.4 Å². The summed E-state index contributed by atoms with van der Waals surface area (Å²) < 4.78 is 62.4. The molecule has 1 heterocycles. The van der Waals surface area contributed by atoms with Crippen LogP contribution < -0.4 is 0 Å². The van der Waals surface area contributed by atoms with E-state index in [2.05, 4.69) is 10.1 Å². The van der Waals surface area contributed by atoms with Crippen LogP contribution in [-0.4, -0.2) is 35.1 Å². The second-order valence-electron chi connectivity index (χ2n) is 5.04. The van der Waals surface area contributed by atoms with Crippen molar-refractivity contribution in [2.75, 3.05) is 7.05 Å². The van der Waals surface area contributed by atoms with Gasteiger partial charge in [-0.1, -0.05) is 0 Å². The van der Waals surface area contributed by atoms with Crippen molar-refractivity contribution < 1.29 is 26.7 Å². The van der Waals surface area contributed by atoms with Crippen LogP contribution in [-0.2, 0) is 11.0 Å². The lowest BCUT2D eigenvalue weighted by molar-refractivity contribution is -0.158. The summed E-state index contributed by atoms with van der Waals surface area (Å²) >= 11 is 0. The maximum atomic E-state index is 12.7. The van der Waals surface area contributed by atoms with Crippen molar-refractivity contribution in [3.63, 3.8) is 0 Å². The first-order valence-corrected chi connectivity index (χ1v) is 6.31. The average Bonchev–Trinajstić information content (AvgIpc) is 2.40. The number of amides is 1. The van der Waals surface area contributed by atoms with E-state index in [-0.39, 0.29) is 5.69 Å². The quantitative estimate of drug-likeness (QED) is 0.488. The van der Waals surface area contributed by atoms with Crippen molar-refractivity contribution in [2.45, 2.75) is 24.9 Å². The van der Waals surface area contributed by atoms with Gasteiger partial charge < -0.3 is 0 Å². The molecule has 0 spiro atoms. The number of alkyl halides is 5. The minimum Gasteiger partial charge on any atom is -0.273 e. The van der Waals surface area contributed by atoms with Gasteiger partial charge in [-0.05, 0) is 12.1 Å². The van der Waals surface area contributed by atoms with Crippen molar-refractivity contribution in [2.24, 2.45) is 11.0 Å². The van der Waals surface area contributed by atoms with Gasteiger partial charge in [-0.3, -0.25) is 9.78 Å². The molecule has 9 heteroatoms. The third-order valence-corrected chi connectivity index (χ3v) is 3.24. The van der Waals surface area contributed by atoms with Crippen LogP contribution in [0.3, 0.4) is 0 Å². The molecule has 0 saturated heterocycles. The van der Waals surface area contributed by atoms with Crippen molar-refractivity contribution in [1.82, 2.24) is 9.99 Å². The second kappa shape index (κ2) is 5.62. The summed E-state index contributed by atoms with van der Waals surface area (Å²) in [5, 5.41) is 4.60. The Labute approximate surface area is 122 Å². The lowest BCUT2D eigenvalue weighted by atomic mass is 9.81. The first-order chi connectivity index (χ1) is 10.1. The van der Waals surface area contributed by atoms with Crippen LogP contribution >= 0.6 is 0 Å². The molecule has 0 bridgehead atoms. The summed E-state index contributed by atoms with van der Waals surface area (Å²) in [6.07, 6.45) is -3.76. The van der Waals surface area contributed by atoms with Gasteiger partial charge in [-0.25, -0.2) is 13.8 Å². The SMILES string of the molecule is CN(/N=C\c1ccc(C(F)(F)F)cn1)C(=O)C1CC(F)(F)C1. The normalized spacial score (nSPS) is 18.3. The standard InChI is InChI=1S/C13H12F5N3O/c1-21(11(22)8-4-12(14,15)5-8)20-7-10-3-2-9(6-19-10)13(16,17)18/h2-3,6-8H,4-5H2,1H3/b20-7-. The van der Waals surface area contributed by atoms with Crippen molar-refractivity contribution >= 4 is 12.1 Å². The zero-order valence-corrected chi connectivity index (χ0v) is 11.4. The molecule has 1 aromatic heterocycles. The highest BCUT2D eigenvalue weighted by molar-refractivity contribution is 5.82. The van der Waals surface area contributed by atoms with E-state index in [9.17, 15) is 26.7 Å². The highest BCUT2D eigenvalue weighted by atomic mass is 19.4. The average molecular weight is 321 g/mol. The smallest absolute Gasteiger partial charge is 0.273 e. The van der Waals surface area contributed by atoms with E-state index in [1.165, 1.54) is 7.05 Å². The lowest BCUT2D eigenvalue weighted by Crippen LogP contribution is -2.44. The molecule has 0 atom stereocenters. The van der Waals surface area contributed by atoms with Gasteiger partial charge in [0.15, 0.2) is 0 Å². The Balaban J connectivity index is 1.95. The highest BCUT2D eigenvalue weighted by Gasteiger charge is 2.49. The van der Waals surface area contributed by atoms with Crippen LogP contribution in [0.25, 0.3) is 0 Å². The maximum Gasteiger partial charge on any atom is 0.417 e. The van der Waals surface area contributed by atoms with Crippen molar-refractivity contribution in [1.29, 1.82) is 0 Å². The minimum absolute atomic E-state index is 0.117. The largest absolute Gasteiger partial charge is 0.417 e. The highest BCUT2D eigenvalue weighted by Crippen LogP contribution is 2.43. The Morgan fingerprint density at radius 1 is 1.41 bits per heavy atom. The number of rotatable bonds is 3. The summed E-state index contributed by atoms with van der Waals surface area (Å²) in [6.45, 7) is 0. The molecule has 1 amide bonds. The fourth-order valence-electron chi connectivity index (χ4n) is 1.95. The summed E-state index contributed by atoms with van der Waals surface area (Å²) in [5.74, 6) is -4.15. The van der Waals surface area contributed by atoms with Crippen LogP contribution in [0, 0.1) is 5.92 Å². The van der Waals surface area contributed by atoms with Crippen LogP contribution in [0.15, 0.2) is 23.4 Å². The molecular weight excluding hydrogens is 309 g/mol. The van der Waals surface area contributed by atoms with Gasteiger partial charge in [0, 0.05) is 26.1 Å². The third kappa shape index (κ3) is 3.77. The fourth-order valence-corrected chi connectivity index (χ4v) is 1.95. The molecule has 1 aromatic rings. The number of halogens is 5. The fraction of sp³-hybridized carbons (Fsp3) is 0.462. The number of pyridine rings is 1. The van der Waals surface area contributed by atoms with E-state index in [1.54, 1.807) is 0 Å². The number of hydrogen-bond donors (Lipinski definition) is 0. The van der Waals surface area contributed by atoms with E-state index in [1.807, 2.05) is 0 Å². The van der Waals surface area contributed by atoms with Gasteiger partial charge >= 0.3 is 6.18 Å². The molecule has 0 aromatic carbocycles. The van der Waals surface area contributed by atoms with E-state index < -0.39 is 42.3 Å². The van der Waals surface area contributed by atoms with Gasteiger partial charge in [0.2, 0.25) is 11.8 Å². The minimum atomic E-state index is -4.48. The third-order valence-electron chi connectivity index (χ3n) is 3.24. The number of aromatic nitrogens is 1. The molecule has 120 valence electrons. The second-order valence-corrected chi connectivity index (χ2v) is 5.04. The summed E-state index contributed by atoms with van der Waals surface area (Å²) in [7, 11) is 1.29. The van der Waals surface area contributed by atoms with Crippen LogP contribution in [0.5, 0.6) is 0 Å². The Kier molecular flexibility index (Phi) is 4.17. The summed E-state index contributed by atoms with van der Waals surface area (Å²) in [6, 6.07) is 1.94. The predicted molar refractivity (Wildman–Crippen MR) is 67.3 cm³/mol. The Morgan fingerprint density at radius 3 is 2.50 bits per heavy atom. The van der Waals surface area contributed by atoms with Crippen molar-refractivity contribution in [3.8, 4) is 0 Å². The van der Waals surface area contributed by atoms with Gasteiger partial charge in [-0.15, -0.1) is 0 Å². The molecule has 22 heavy (non-hydrogen) atoms. The topological polar surface area (TPSA) is 45.6 Å². The van der Waals surface area contributed by atoms with E-state index in [4.69, 9.17) is 0 Å². The first-order valence-electron chi connectivity index (χ1n) is 6.31. The molecular formula is C13H12F5N3O. The number of hydrazone groups is 1. The van der Waals surface area contributed by atoms with Gasteiger partial charge in [0.1, 0.15) is 0 Å². The maximum absolute atomic E-state index is 12.7. The lowest BCUT2D eigenvalue weighted by Gasteiger charge is -2.34. The van der Waals surface area contributed by atoms with Crippen LogP contribution in [0.2, 0.25) is 0 Å². The molecule has 0 radical (unpaired) electrons. The van der Waals surface area contributed by atoms with E-state index in [0.29, 0.717) is 6.20 Å². The molecule has 0 aliphatic heterocycles. The number of carbonyl (C=O) groups is 1. The molecule has 4 nitrogen and oxygen atoms in total. The molecule has 1 fully saturated rings. The Bertz CT molecular complexity index is 574. The zero-order valence-electron chi connectivity index (χ0n) is 11.4. The molecule has 1 aliphatic rings. The molecule has 2 rings (SSSR count).